The van der Waals surface area contributed by atoms with Crippen LogP contribution in [0.2, 0.25) is 0 Å². The summed E-state index contributed by atoms with van der Waals surface area (Å²) in [5, 5.41) is 0. The Bertz CT molecular complexity index is 363. The number of rotatable bonds is 1. The van der Waals surface area contributed by atoms with Gasteiger partial charge in [-0.15, -0.1) is 0 Å². The van der Waals surface area contributed by atoms with E-state index >= 15 is 0 Å². The summed E-state index contributed by atoms with van der Waals surface area (Å²) >= 11 is 0. The van der Waals surface area contributed by atoms with Gasteiger partial charge in [0.25, 0.3) is 0 Å². The molecule has 0 saturated heterocycles. The van der Waals surface area contributed by atoms with Crippen LogP contribution in [0.15, 0.2) is 24.5 Å². The van der Waals surface area contributed by atoms with E-state index in [1.807, 2.05) is 33.8 Å². The van der Waals surface area contributed by atoms with Crippen LogP contribution in [0.1, 0.15) is 40.2 Å². The Morgan fingerprint density at radius 2 is 1.80 bits per heavy atom. The highest BCUT2D eigenvalue weighted by molar-refractivity contribution is 5.74. The number of nitrogens with one attached hydrogen (secondary N) is 1. The lowest BCUT2D eigenvalue weighted by molar-refractivity contribution is 1.14. The third-order valence-electron chi connectivity index (χ3n) is 1.89. The maximum atomic E-state index is 4.14. The van der Waals surface area contributed by atoms with E-state index in [4.69, 9.17) is 0 Å². The van der Waals surface area contributed by atoms with E-state index in [2.05, 4.69) is 29.0 Å². The molecule has 15 heavy (non-hydrogen) atoms. The van der Waals surface area contributed by atoms with Gasteiger partial charge in [-0.05, 0) is 24.1 Å². The van der Waals surface area contributed by atoms with E-state index in [-0.39, 0.29) is 0 Å². The minimum absolute atomic E-state index is 1.04. The molecule has 0 aliphatic rings. The zero-order valence-corrected chi connectivity index (χ0v) is 10.5. The first-order chi connectivity index (χ1) is 7.40. The number of H-pyrrole nitrogens is 1. The number of hydrogen-bond acceptors (Lipinski definition) is 1. The summed E-state index contributed by atoms with van der Waals surface area (Å²) in [7, 11) is 0. The summed E-state index contributed by atoms with van der Waals surface area (Å²) in [6.45, 7) is 10.2. The summed E-state index contributed by atoms with van der Waals surface area (Å²) in [6.07, 6.45) is 2.80. The highest BCUT2D eigenvalue weighted by Gasteiger charge is 1.94. The van der Waals surface area contributed by atoms with E-state index in [0.717, 1.165) is 17.5 Å². The van der Waals surface area contributed by atoms with Crippen LogP contribution in [0.3, 0.4) is 0 Å². The second-order valence-corrected chi connectivity index (χ2v) is 2.61. The predicted molar refractivity (Wildman–Crippen MR) is 68.2 cm³/mol. The Labute approximate surface area is 92.7 Å². The van der Waals surface area contributed by atoms with Crippen LogP contribution in [-0.4, -0.2) is 9.97 Å². The second-order valence-electron chi connectivity index (χ2n) is 2.61. The van der Waals surface area contributed by atoms with Crippen molar-refractivity contribution in [3.63, 3.8) is 0 Å². The van der Waals surface area contributed by atoms with Gasteiger partial charge in [-0.2, -0.15) is 0 Å². The van der Waals surface area contributed by atoms with Crippen molar-refractivity contribution in [2.24, 2.45) is 0 Å². The van der Waals surface area contributed by atoms with Gasteiger partial charge in [0.15, 0.2) is 0 Å². The van der Waals surface area contributed by atoms with Crippen LogP contribution >= 0.6 is 0 Å². The summed E-state index contributed by atoms with van der Waals surface area (Å²) in [5.41, 5.74) is 3.52. The van der Waals surface area contributed by atoms with E-state index < -0.39 is 0 Å². The molecule has 0 bridgehead atoms. The van der Waals surface area contributed by atoms with Crippen molar-refractivity contribution in [2.45, 2.75) is 41.0 Å². The molecule has 2 nitrogen and oxygen atoms in total. The molecule has 2 heteroatoms. The van der Waals surface area contributed by atoms with E-state index in [1.54, 1.807) is 6.33 Å². The molecule has 0 fully saturated rings. The molecule has 1 heterocycles. The number of imidazole rings is 1. The molecular weight excluding hydrogens is 184 g/mol. The van der Waals surface area contributed by atoms with Crippen LogP contribution in [0.4, 0.5) is 0 Å². The molecule has 0 spiro atoms. The molecule has 0 amide bonds. The minimum atomic E-state index is 1.04. The Kier molecular flexibility index (Phi) is 7.33. The smallest absolute Gasteiger partial charge is 0.0931 e. The van der Waals surface area contributed by atoms with Crippen molar-refractivity contribution in [3.8, 4) is 0 Å². The quantitative estimate of drug-likeness (QED) is 0.745. The van der Waals surface area contributed by atoms with E-state index in [1.165, 1.54) is 5.56 Å². The van der Waals surface area contributed by atoms with Gasteiger partial charge < -0.3 is 4.98 Å². The second kappa shape index (κ2) is 8.04. The van der Waals surface area contributed by atoms with Crippen LogP contribution in [0, 0.1) is 0 Å². The van der Waals surface area contributed by atoms with Gasteiger partial charge in [0, 0.05) is 0 Å². The van der Waals surface area contributed by atoms with Crippen molar-refractivity contribution in [1.82, 2.24) is 9.97 Å². The van der Waals surface area contributed by atoms with E-state index in [9.17, 15) is 0 Å². The molecule has 0 saturated carbocycles. The topological polar surface area (TPSA) is 28.7 Å². The van der Waals surface area contributed by atoms with E-state index in [0.29, 0.717) is 0 Å². The standard InChI is InChI=1S/C9H10N2.2C2H6/c1-2-7-3-4-8-9(5-7)11-6-10-8;2*1-2/h3-6H,2H2,1H3,(H,10,11);2*1-2H3. The monoisotopic (exact) mass is 206 g/mol. The molecule has 0 atom stereocenters. The highest BCUT2D eigenvalue weighted by atomic mass is 14.9. The van der Waals surface area contributed by atoms with Gasteiger partial charge in [0.2, 0.25) is 0 Å². The van der Waals surface area contributed by atoms with Gasteiger partial charge in [0.1, 0.15) is 0 Å². The van der Waals surface area contributed by atoms with Crippen LogP contribution in [0.5, 0.6) is 0 Å². The number of fused-ring (bicyclic) bond motifs is 1. The van der Waals surface area contributed by atoms with Crippen molar-refractivity contribution < 1.29 is 0 Å². The van der Waals surface area contributed by atoms with Crippen molar-refractivity contribution in [3.05, 3.63) is 30.1 Å². The summed E-state index contributed by atoms with van der Waals surface area (Å²) in [5.74, 6) is 0. The van der Waals surface area contributed by atoms with Crippen LogP contribution < -0.4 is 0 Å². The molecule has 0 unspecified atom stereocenters. The average molecular weight is 206 g/mol. The van der Waals surface area contributed by atoms with Gasteiger partial charge in [0.05, 0.1) is 17.4 Å². The summed E-state index contributed by atoms with van der Waals surface area (Å²) in [6, 6.07) is 6.30. The third-order valence-corrected chi connectivity index (χ3v) is 1.89. The fourth-order valence-electron chi connectivity index (χ4n) is 1.20. The third kappa shape index (κ3) is 3.74. The molecule has 2 rings (SSSR count). The van der Waals surface area contributed by atoms with Crippen molar-refractivity contribution in [2.75, 3.05) is 0 Å². The van der Waals surface area contributed by atoms with Crippen LogP contribution in [0.25, 0.3) is 11.0 Å². The van der Waals surface area contributed by atoms with Gasteiger partial charge in [-0.1, -0.05) is 40.7 Å². The number of aryl methyl sites for hydroxylation is 1. The molecule has 1 N–H and O–H groups in total. The SMILES string of the molecule is CC.CC.CCc1ccc2nc[nH]c2c1. The number of benzene rings is 1. The fourth-order valence-corrected chi connectivity index (χ4v) is 1.20. The number of aromatic amines is 1. The van der Waals surface area contributed by atoms with Gasteiger partial charge in [-0.3, -0.25) is 0 Å². The number of nitrogens with zero attached hydrogens (tertiary/aromatic N) is 1. The lowest BCUT2D eigenvalue weighted by atomic mass is 10.1. The highest BCUT2D eigenvalue weighted by Crippen LogP contribution is 2.11. The zero-order chi connectivity index (χ0) is 11.7. The van der Waals surface area contributed by atoms with Crippen molar-refractivity contribution >= 4 is 11.0 Å². The fraction of sp³-hybridized carbons (Fsp3) is 0.462. The minimum Gasteiger partial charge on any atom is -0.345 e. The summed E-state index contributed by atoms with van der Waals surface area (Å²) in [4.78, 5) is 7.22. The first-order valence-electron chi connectivity index (χ1n) is 5.82. The molecule has 0 aliphatic heterocycles. The lowest BCUT2D eigenvalue weighted by Crippen LogP contribution is -1.78. The van der Waals surface area contributed by atoms with Gasteiger partial charge in [-0.25, -0.2) is 4.98 Å². The van der Waals surface area contributed by atoms with Crippen LogP contribution in [-0.2, 0) is 6.42 Å². The Morgan fingerprint density at radius 1 is 1.13 bits per heavy atom. The normalized spacial score (nSPS) is 8.60. The molecular formula is C13H22N2. The molecule has 1 aromatic carbocycles. The maximum absolute atomic E-state index is 4.14. The molecule has 84 valence electrons. The average Bonchev–Trinajstić information content (AvgIpc) is 2.81. The van der Waals surface area contributed by atoms with Crippen molar-refractivity contribution in [1.29, 1.82) is 0 Å². The zero-order valence-electron chi connectivity index (χ0n) is 10.5. The Balaban J connectivity index is 0.000000442. The summed E-state index contributed by atoms with van der Waals surface area (Å²) < 4.78 is 0. The van der Waals surface area contributed by atoms with Gasteiger partial charge >= 0.3 is 0 Å². The number of hydrogen-bond donors (Lipinski definition) is 1. The number of aromatic nitrogens is 2. The maximum Gasteiger partial charge on any atom is 0.0931 e. The Hall–Kier alpha value is -1.31. The predicted octanol–water partition coefficient (Wildman–Crippen LogP) is 4.18. The first kappa shape index (κ1) is 13.7. The lowest BCUT2D eigenvalue weighted by Gasteiger charge is -1.93. The Morgan fingerprint density at radius 3 is 2.40 bits per heavy atom. The first-order valence-corrected chi connectivity index (χ1v) is 5.82. The largest absolute Gasteiger partial charge is 0.345 e. The molecule has 0 radical (unpaired) electrons. The molecule has 0 aliphatic carbocycles. The molecule has 1 aromatic heterocycles. The molecule has 2 aromatic rings.